The lowest BCUT2D eigenvalue weighted by atomic mass is 10.3. The monoisotopic (exact) mass is 224 g/mol. The first-order valence-electron chi connectivity index (χ1n) is 4.87. The molecule has 0 aliphatic rings. The van der Waals surface area contributed by atoms with E-state index in [2.05, 4.69) is 10.3 Å². The lowest BCUT2D eigenvalue weighted by molar-refractivity contribution is -0.130. The smallest absolute Gasteiger partial charge is 0.268 e. The molecule has 0 bridgehead atoms. The fourth-order valence-corrected chi connectivity index (χ4v) is 1.27. The quantitative estimate of drug-likeness (QED) is 0.664. The minimum absolute atomic E-state index is 0.159. The van der Waals surface area contributed by atoms with Crippen LogP contribution in [-0.4, -0.2) is 41.8 Å². The number of hydrogen-bond acceptors (Lipinski definition) is 3. The molecular formula is C10H16N4O2. The Labute approximate surface area is 93.8 Å². The molecule has 6 nitrogen and oxygen atoms in total. The van der Waals surface area contributed by atoms with E-state index in [1.54, 1.807) is 21.0 Å². The first-order valence-corrected chi connectivity index (χ1v) is 4.87. The number of nitrogens with zero attached hydrogens (tertiary/aromatic N) is 1. The lowest BCUT2D eigenvalue weighted by Crippen LogP contribution is -2.44. The Hall–Kier alpha value is -1.98. The summed E-state index contributed by atoms with van der Waals surface area (Å²) in [6.45, 7) is 1.63. The van der Waals surface area contributed by atoms with Gasteiger partial charge >= 0.3 is 0 Å². The molecule has 0 spiro atoms. The molecule has 0 saturated carbocycles. The molecule has 0 aromatic carbocycles. The van der Waals surface area contributed by atoms with Crippen molar-refractivity contribution in [2.24, 2.45) is 0 Å². The zero-order valence-electron chi connectivity index (χ0n) is 9.57. The number of H-pyrrole nitrogens is 1. The molecular weight excluding hydrogens is 208 g/mol. The first kappa shape index (κ1) is 12.1. The Morgan fingerprint density at radius 1 is 1.50 bits per heavy atom. The topological polar surface area (TPSA) is 91.2 Å². The van der Waals surface area contributed by atoms with Gasteiger partial charge in [0.2, 0.25) is 5.91 Å². The molecule has 0 saturated heterocycles. The largest absolute Gasteiger partial charge is 0.397 e. The van der Waals surface area contributed by atoms with Crippen LogP contribution in [0, 0.1) is 0 Å². The van der Waals surface area contributed by atoms with Crippen molar-refractivity contribution in [2.45, 2.75) is 13.0 Å². The minimum atomic E-state index is -0.563. The third kappa shape index (κ3) is 2.75. The molecule has 1 aromatic heterocycles. The Morgan fingerprint density at radius 3 is 2.56 bits per heavy atom. The number of likely N-dealkylation sites (N-methyl/N-ethyl adjacent to an activating group) is 1. The average Bonchev–Trinajstić information content (AvgIpc) is 2.63. The SMILES string of the molecule is CC(NC(=O)c1cc(N)c[nH]1)C(=O)N(C)C. The van der Waals surface area contributed by atoms with E-state index >= 15 is 0 Å². The number of rotatable bonds is 3. The van der Waals surface area contributed by atoms with Crippen LogP contribution in [0.4, 0.5) is 5.69 Å². The Balaban J connectivity index is 2.61. The van der Waals surface area contributed by atoms with Crippen molar-refractivity contribution in [3.63, 3.8) is 0 Å². The summed E-state index contributed by atoms with van der Waals surface area (Å²) in [5.74, 6) is -0.507. The van der Waals surface area contributed by atoms with Gasteiger partial charge in [0.15, 0.2) is 0 Å². The summed E-state index contributed by atoms with van der Waals surface area (Å²) in [5, 5.41) is 2.57. The normalized spacial score (nSPS) is 11.9. The first-order chi connectivity index (χ1) is 7.41. The molecule has 0 fully saturated rings. The van der Waals surface area contributed by atoms with Gasteiger partial charge in [-0.3, -0.25) is 9.59 Å². The number of aromatic nitrogens is 1. The number of carbonyl (C=O) groups excluding carboxylic acids is 2. The highest BCUT2D eigenvalue weighted by molar-refractivity contribution is 5.96. The molecule has 2 amide bonds. The molecule has 1 aromatic rings. The van der Waals surface area contributed by atoms with Crippen molar-refractivity contribution in [3.05, 3.63) is 18.0 Å². The number of nitrogens with two attached hydrogens (primary N) is 1. The second-order valence-electron chi connectivity index (χ2n) is 3.77. The van der Waals surface area contributed by atoms with Crippen LogP contribution < -0.4 is 11.1 Å². The number of aromatic amines is 1. The number of nitrogens with one attached hydrogen (secondary N) is 2. The number of amides is 2. The molecule has 1 atom stereocenters. The van der Waals surface area contributed by atoms with Gasteiger partial charge in [0.05, 0.1) is 0 Å². The van der Waals surface area contributed by atoms with Crippen LogP contribution in [0.15, 0.2) is 12.3 Å². The molecule has 1 heterocycles. The van der Waals surface area contributed by atoms with Gasteiger partial charge in [-0.05, 0) is 13.0 Å². The summed E-state index contributed by atoms with van der Waals surface area (Å²) in [7, 11) is 3.27. The molecule has 0 aliphatic carbocycles. The minimum Gasteiger partial charge on any atom is -0.397 e. The van der Waals surface area contributed by atoms with Crippen molar-refractivity contribution in [2.75, 3.05) is 19.8 Å². The predicted octanol–water partition coefficient (Wildman–Crippen LogP) is -0.197. The number of nitrogen functional groups attached to an aromatic ring is 1. The highest BCUT2D eigenvalue weighted by Crippen LogP contribution is 2.04. The maximum atomic E-state index is 11.6. The summed E-state index contributed by atoms with van der Waals surface area (Å²) in [4.78, 5) is 27.3. The van der Waals surface area contributed by atoms with E-state index in [0.717, 1.165) is 0 Å². The summed E-state index contributed by atoms with van der Waals surface area (Å²) in [5.41, 5.74) is 6.30. The van der Waals surface area contributed by atoms with Crippen LogP contribution in [0.1, 0.15) is 17.4 Å². The molecule has 1 rings (SSSR count). The molecule has 4 N–H and O–H groups in total. The standard InChI is InChI=1S/C10H16N4O2/c1-6(10(16)14(2)3)13-9(15)8-4-7(11)5-12-8/h4-6,12H,11H2,1-3H3,(H,13,15). The van der Waals surface area contributed by atoms with Crippen molar-refractivity contribution in [1.82, 2.24) is 15.2 Å². The van der Waals surface area contributed by atoms with E-state index in [-0.39, 0.29) is 11.8 Å². The molecule has 1 unspecified atom stereocenters. The molecule has 0 aliphatic heterocycles. The molecule has 0 radical (unpaired) electrons. The Kier molecular flexibility index (Phi) is 3.55. The van der Waals surface area contributed by atoms with Crippen molar-refractivity contribution >= 4 is 17.5 Å². The zero-order chi connectivity index (χ0) is 12.3. The highest BCUT2D eigenvalue weighted by atomic mass is 16.2. The molecule has 16 heavy (non-hydrogen) atoms. The van der Waals surface area contributed by atoms with E-state index in [1.807, 2.05) is 0 Å². The third-order valence-corrected chi connectivity index (χ3v) is 2.11. The van der Waals surface area contributed by atoms with Crippen LogP contribution in [0.5, 0.6) is 0 Å². The van der Waals surface area contributed by atoms with Gasteiger partial charge in [0.25, 0.3) is 5.91 Å². The lowest BCUT2D eigenvalue weighted by Gasteiger charge is -2.17. The fraction of sp³-hybridized carbons (Fsp3) is 0.400. The van der Waals surface area contributed by atoms with Crippen molar-refractivity contribution in [1.29, 1.82) is 0 Å². The summed E-state index contributed by atoms with van der Waals surface area (Å²) in [6, 6.07) is 0.953. The van der Waals surface area contributed by atoms with Gasteiger partial charge in [-0.15, -0.1) is 0 Å². The average molecular weight is 224 g/mol. The zero-order valence-corrected chi connectivity index (χ0v) is 9.57. The van der Waals surface area contributed by atoms with Gasteiger partial charge in [-0.2, -0.15) is 0 Å². The summed E-state index contributed by atoms with van der Waals surface area (Å²) < 4.78 is 0. The summed E-state index contributed by atoms with van der Waals surface area (Å²) in [6.07, 6.45) is 1.52. The Morgan fingerprint density at radius 2 is 2.12 bits per heavy atom. The van der Waals surface area contributed by atoms with Gasteiger partial charge in [0.1, 0.15) is 11.7 Å². The van der Waals surface area contributed by atoms with Crippen LogP contribution in [0.3, 0.4) is 0 Å². The highest BCUT2D eigenvalue weighted by Gasteiger charge is 2.18. The fourth-order valence-electron chi connectivity index (χ4n) is 1.27. The van der Waals surface area contributed by atoms with E-state index in [4.69, 9.17) is 5.73 Å². The molecule has 88 valence electrons. The second kappa shape index (κ2) is 4.69. The third-order valence-electron chi connectivity index (χ3n) is 2.11. The number of carbonyl (C=O) groups is 2. The van der Waals surface area contributed by atoms with E-state index < -0.39 is 6.04 Å². The maximum Gasteiger partial charge on any atom is 0.268 e. The van der Waals surface area contributed by atoms with Gasteiger partial charge in [-0.1, -0.05) is 0 Å². The van der Waals surface area contributed by atoms with E-state index in [0.29, 0.717) is 11.4 Å². The molecule has 6 heteroatoms. The maximum absolute atomic E-state index is 11.6. The second-order valence-corrected chi connectivity index (χ2v) is 3.77. The van der Waals surface area contributed by atoms with Gasteiger partial charge < -0.3 is 20.9 Å². The van der Waals surface area contributed by atoms with E-state index in [1.165, 1.54) is 17.2 Å². The van der Waals surface area contributed by atoms with Crippen LogP contribution in [0.25, 0.3) is 0 Å². The van der Waals surface area contributed by atoms with Gasteiger partial charge in [0, 0.05) is 26.0 Å². The van der Waals surface area contributed by atoms with Crippen molar-refractivity contribution in [3.8, 4) is 0 Å². The summed E-state index contributed by atoms with van der Waals surface area (Å²) >= 11 is 0. The van der Waals surface area contributed by atoms with Gasteiger partial charge in [-0.25, -0.2) is 0 Å². The van der Waals surface area contributed by atoms with E-state index in [9.17, 15) is 9.59 Å². The Bertz CT molecular complexity index is 397. The van der Waals surface area contributed by atoms with Crippen molar-refractivity contribution < 1.29 is 9.59 Å². The number of hydrogen-bond donors (Lipinski definition) is 3. The van der Waals surface area contributed by atoms with Crippen LogP contribution in [-0.2, 0) is 4.79 Å². The number of anilines is 1. The predicted molar refractivity (Wildman–Crippen MR) is 60.8 cm³/mol. The van der Waals surface area contributed by atoms with Crippen LogP contribution >= 0.6 is 0 Å². The van der Waals surface area contributed by atoms with Crippen LogP contribution in [0.2, 0.25) is 0 Å².